The molecule has 0 aromatic carbocycles. The molecule has 0 spiro atoms. The first-order valence-corrected chi connectivity index (χ1v) is 7.35. The molecular weight excluding hydrogens is 230 g/mol. The summed E-state index contributed by atoms with van der Waals surface area (Å²) in [5.41, 5.74) is 0. The molecule has 2 aliphatic rings. The van der Waals surface area contributed by atoms with Crippen LogP contribution in [0.25, 0.3) is 0 Å². The fourth-order valence-electron chi connectivity index (χ4n) is 3.15. The molecule has 104 valence electrons. The Kier molecular flexibility index (Phi) is 5.01. The molecule has 4 nitrogen and oxygen atoms in total. The summed E-state index contributed by atoms with van der Waals surface area (Å²) in [6.45, 7) is 0. The highest BCUT2D eigenvalue weighted by molar-refractivity contribution is 5.79. The Balaban J connectivity index is 1.88. The van der Waals surface area contributed by atoms with Crippen molar-refractivity contribution < 1.29 is 15.0 Å². The molecule has 3 N–H and O–H groups in total. The Morgan fingerprint density at radius 3 is 2.22 bits per heavy atom. The molecule has 2 rings (SSSR count). The van der Waals surface area contributed by atoms with Gasteiger partial charge in [0.25, 0.3) is 0 Å². The predicted octanol–water partition coefficient (Wildman–Crippen LogP) is 1.35. The number of amides is 1. The van der Waals surface area contributed by atoms with Crippen molar-refractivity contribution in [2.45, 2.75) is 76.0 Å². The Bertz CT molecular complexity index is 276. The smallest absolute Gasteiger partial charge is 0.223 e. The molecule has 0 aromatic rings. The van der Waals surface area contributed by atoms with E-state index in [-0.39, 0.29) is 17.9 Å². The van der Waals surface area contributed by atoms with Gasteiger partial charge in [0, 0.05) is 5.92 Å². The summed E-state index contributed by atoms with van der Waals surface area (Å²) in [6, 6.07) is -0.267. The van der Waals surface area contributed by atoms with Crippen LogP contribution in [0, 0.1) is 5.92 Å². The van der Waals surface area contributed by atoms with Crippen molar-refractivity contribution in [2.24, 2.45) is 5.92 Å². The number of hydrogen-bond donors (Lipinski definition) is 3. The van der Waals surface area contributed by atoms with E-state index in [1.165, 1.54) is 6.42 Å². The second-order valence-electron chi connectivity index (χ2n) is 5.79. The van der Waals surface area contributed by atoms with Crippen LogP contribution in [0.2, 0.25) is 0 Å². The van der Waals surface area contributed by atoms with Gasteiger partial charge in [-0.2, -0.15) is 0 Å². The average molecular weight is 255 g/mol. The average Bonchev–Trinajstić information content (AvgIpc) is 2.55. The molecule has 3 atom stereocenters. The maximum atomic E-state index is 12.1. The summed E-state index contributed by atoms with van der Waals surface area (Å²) < 4.78 is 0. The standard InChI is InChI=1S/C14H25NO3/c16-12-9-5-4-8-11(13(12)17)15-14(18)10-6-2-1-3-7-10/h10-13,16-17H,1-9H2,(H,15,18)/t11-,12-,13-/m1/s1. The van der Waals surface area contributed by atoms with Gasteiger partial charge in [0.15, 0.2) is 0 Å². The topological polar surface area (TPSA) is 69.6 Å². The van der Waals surface area contributed by atoms with Gasteiger partial charge in [-0.1, -0.05) is 32.1 Å². The highest BCUT2D eigenvalue weighted by atomic mass is 16.3. The molecule has 2 saturated carbocycles. The number of carbonyl (C=O) groups is 1. The number of carbonyl (C=O) groups excluding carboxylic acids is 1. The van der Waals surface area contributed by atoms with Crippen molar-refractivity contribution >= 4 is 5.91 Å². The monoisotopic (exact) mass is 255 g/mol. The summed E-state index contributed by atoms with van der Waals surface area (Å²) in [5, 5.41) is 22.7. The molecule has 4 heteroatoms. The predicted molar refractivity (Wildman–Crippen MR) is 69.0 cm³/mol. The van der Waals surface area contributed by atoms with Crippen molar-refractivity contribution in [3.8, 4) is 0 Å². The first-order chi connectivity index (χ1) is 8.68. The second kappa shape index (κ2) is 6.53. The summed E-state index contributed by atoms with van der Waals surface area (Å²) in [7, 11) is 0. The summed E-state index contributed by atoms with van der Waals surface area (Å²) in [5.74, 6) is 0.194. The van der Waals surface area contributed by atoms with Crippen LogP contribution >= 0.6 is 0 Å². The minimum Gasteiger partial charge on any atom is -0.390 e. The van der Waals surface area contributed by atoms with Gasteiger partial charge in [-0.15, -0.1) is 0 Å². The van der Waals surface area contributed by atoms with Gasteiger partial charge in [0.1, 0.15) is 0 Å². The summed E-state index contributed by atoms with van der Waals surface area (Å²) in [6.07, 6.45) is 7.24. The van der Waals surface area contributed by atoms with Crippen molar-refractivity contribution in [3.05, 3.63) is 0 Å². The molecule has 18 heavy (non-hydrogen) atoms. The first kappa shape index (κ1) is 13.8. The number of aliphatic hydroxyl groups excluding tert-OH is 2. The molecule has 2 fully saturated rings. The SMILES string of the molecule is O=C(N[C@@H]1CCCC[C@@H](O)[C@@H]1O)C1CCCCC1. The lowest BCUT2D eigenvalue weighted by Gasteiger charge is -2.28. The van der Waals surface area contributed by atoms with Gasteiger partial charge in [-0.05, 0) is 25.7 Å². The number of hydrogen-bond acceptors (Lipinski definition) is 3. The fraction of sp³-hybridized carbons (Fsp3) is 0.929. The molecule has 1 amide bonds. The van der Waals surface area contributed by atoms with E-state index in [2.05, 4.69) is 5.32 Å². The lowest BCUT2D eigenvalue weighted by Crippen LogP contribution is -2.49. The number of nitrogens with one attached hydrogen (secondary N) is 1. The molecule has 0 bridgehead atoms. The minimum atomic E-state index is -0.806. The Morgan fingerprint density at radius 2 is 1.50 bits per heavy atom. The second-order valence-corrected chi connectivity index (χ2v) is 5.79. The van der Waals surface area contributed by atoms with Gasteiger partial charge >= 0.3 is 0 Å². The van der Waals surface area contributed by atoms with Crippen molar-refractivity contribution in [1.82, 2.24) is 5.32 Å². The highest BCUT2D eigenvalue weighted by Gasteiger charge is 2.31. The van der Waals surface area contributed by atoms with E-state index >= 15 is 0 Å². The molecule has 0 aliphatic heterocycles. The van der Waals surface area contributed by atoms with E-state index in [4.69, 9.17) is 0 Å². The van der Waals surface area contributed by atoms with Gasteiger partial charge in [0.05, 0.1) is 18.2 Å². The quantitative estimate of drug-likeness (QED) is 0.652. The number of rotatable bonds is 2. The normalized spacial score (nSPS) is 34.9. The van der Waals surface area contributed by atoms with Crippen LogP contribution in [-0.2, 0) is 4.79 Å². The zero-order chi connectivity index (χ0) is 13.0. The molecule has 0 unspecified atom stereocenters. The summed E-state index contributed by atoms with van der Waals surface area (Å²) >= 11 is 0. The largest absolute Gasteiger partial charge is 0.390 e. The third-order valence-electron chi connectivity index (χ3n) is 4.38. The van der Waals surface area contributed by atoms with Crippen LogP contribution in [0.3, 0.4) is 0 Å². The van der Waals surface area contributed by atoms with Gasteiger partial charge in [-0.3, -0.25) is 4.79 Å². The Hall–Kier alpha value is -0.610. The van der Waals surface area contributed by atoms with Gasteiger partial charge < -0.3 is 15.5 Å². The Labute approximate surface area is 109 Å². The number of aliphatic hydroxyl groups is 2. The molecule has 0 saturated heterocycles. The first-order valence-electron chi connectivity index (χ1n) is 7.35. The maximum Gasteiger partial charge on any atom is 0.223 e. The summed E-state index contributed by atoms with van der Waals surface area (Å²) in [4.78, 5) is 12.1. The van der Waals surface area contributed by atoms with E-state index in [0.29, 0.717) is 6.42 Å². The minimum absolute atomic E-state index is 0.0767. The van der Waals surface area contributed by atoms with Crippen LogP contribution in [0.5, 0.6) is 0 Å². The lowest BCUT2D eigenvalue weighted by atomic mass is 9.88. The van der Waals surface area contributed by atoms with E-state index in [9.17, 15) is 15.0 Å². The van der Waals surface area contributed by atoms with Crippen LogP contribution in [-0.4, -0.2) is 34.4 Å². The van der Waals surface area contributed by atoms with Crippen LogP contribution in [0.15, 0.2) is 0 Å². The van der Waals surface area contributed by atoms with Gasteiger partial charge in [0.2, 0.25) is 5.91 Å². The maximum absolute atomic E-state index is 12.1. The van der Waals surface area contributed by atoms with Gasteiger partial charge in [-0.25, -0.2) is 0 Å². The van der Waals surface area contributed by atoms with Crippen molar-refractivity contribution in [2.75, 3.05) is 0 Å². The third kappa shape index (κ3) is 3.45. The molecular formula is C14H25NO3. The third-order valence-corrected chi connectivity index (χ3v) is 4.38. The molecule has 0 radical (unpaired) electrons. The molecule has 2 aliphatic carbocycles. The zero-order valence-electron chi connectivity index (χ0n) is 11.0. The van der Waals surface area contributed by atoms with E-state index in [1.807, 2.05) is 0 Å². The fourth-order valence-corrected chi connectivity index (χ4v) is 3.15. The van der Waals surface area contributed by atoms with Crippen LogP contribution in [0.1, 0.15) is 57.8 Å². The zero-order valence-corrected chi connectivity index (χ0v) is 11.0. The molecule has 0 heterocycles. The Morgan fingerprint density at radius 1 is 0.889 bits per heavy atom. The highest BCUT2D eigenvalue weighted by Crippen LogP contribution is 2.25. The van der Waals surface area contributed by atoms with E-state index in [1.54, 1.807) is 0 Å². The van der Waals surface area contributed by atoms with Crippen molar-refractivity contribution in [3.63, 3.8) is 0 Å². The van der Waals surface area contributed by atoms with E-state index in [0.717, 1.165) is 44.9 Å². The lowest BCUT2D eigenvalue weighted by molar-refractivity contribution is -0.128. The van der Waals surface area contributed by atoms with Crippen LogP contribution in [0.4, 0.5) is 0 Å². The van der Waals surface area contributed by atoms with E-state index < -0.39 is 12.2 Å². The van der Waals surface area contributed by atoms with Crippen LogP contribution < -0.4 is 5.32 Å². The molecule has 0 aromatic heterocycles. The van der Waals surface area contributed by atoms with Crippen molar-refractivity contribution in [1.29, 1.82) is 0 Å².